The predicted octanol–water partition coefficient (Wildman–Crippen LogP) is 2.91. The SMILES string of the molecule is CC(CNC(=O)CCC1CCNCC1)Oc1cccc(F)c1.Cl. The second-order valence-corrected chi connectivity index (χ2v) is 5.92. The Morgan fingerprint density at radius 1 is 1.43 bits per heavy atom. The van der Waals surface area contributed by atoms with Gasteiger partial charge in [0.25, 0.3) is 0 Å². The Morgan fingerprint density at radius 3 is 2.87 bits per heavy atom. The van der Waals surface area contributed by atoms with Crippen molar-refractivity contribution in [2.24, 2.45) is 5.92 Å². The highest BCUT2D eigenvalue weighted by atomic mass is 35.5. The summed E-state index contributed by atoms with van der Waals surface area (Å²) in [6, 6.07) is 6.03. The average molecular weight is 345 g/mol. The number of halogens is 2. The minimum atomic E-state index is -0.323. The van der Waals surface area contributed by atoms with E-state index in [2.05, 4.69) is 10.6 Å². The van der Waals surface area contributed by atoms with E-state index in [1.807, 2.05) is 6.92 Å². The highest BCUT2D eigenvalue weighted by molar-refractivity contribution is 5.85. The zero-order valence-electron chi connectivity index (χ0n) is 13.5. The average Bonchev–Trinajstić information content (AvgIpc) is 2.52. The van der Waals surface area contributed by atoms with Gasteiger partial charge in [-0.05, 0) is 57.3 Å². The van der Waals surface area contributed by atoms with Crippen molar-refractivity contribution in [2.45, 2.75) is 38.7 Å². The van der Waals surface area contributed by atoms with Gasteiger partial charge >= 0.3 is 0 Å². The molecule has 0 bridgehead atoms. The summed E-state index contributed by atoms with van der Waals surface area (Å²) in [6.07, 6.45) is 3.65. The zero-order chi connectivity index (χ0) is 15.8. The van der Waals surface area contributed by atoms with Crippen molar-refractivity contribution in [1.82, 2.24) is 10.6 Å². The quantitative estimate of drug-likeness (QED) is 0.799. The minimum absolute atomic E-state index is 0. The number of benzene rings is 1. The molecule has 23 heavy (non-hydrogen) atoms. The first kappa shape index (κ1) is 19.7. The molecule has 1 heterocycles. The van der Waals surface area contributed by atoms with Crippen LogP contribution in [0.2, 0.25) is 0 Å². The van der Waals surface area contributed by atoms with Crippen molar-refractivity contribution in [3.8, 4) is 5.75 Å². The Bertz CT molecular complexity index is 481. The molecule has 4 nitrogen and oxygen atoms in total. The molecule has 130 valence electrons. The van der Waals surface area contributed by atoms with E-state index < -0.39 is 0 Å². The van der Waals surface area contributed by atoms with E-state index in [0.29, 0.717) is 24.6 Å². The standard InChI is InChI=1S/C17H25FN2O2.ClH/c1-13(22-16-4-2-3-15(18)11-16)12-20-17(21)6-5-14-7-9-19-10-8-14;/h2-4,11,13-14,19H,5-10,12H2,1H3,(H,20,21);1H. The molecule has 0 aliphatic carbocycles. The number of piperidine rings is 1. The van der Waals surface area contributed by atoms with Crippen LogP contribution >= 0.6 is 12.4 Å². The van der Waals surface area contributed by atoms with Gasteiger partial charge in [0.05, 0.1) is 6.54 Å². The summed E-state index contributed by atoms with van der Waals surface area (Å²) >= 11 is 0. The van der Waals surface area contributed by atoms with Crippen LogP contribution in [0.4, 0.5) is 4.39 Å². The van der Waals surface area contributed by atoms with Crippen LogP contribution in [-0.2, 0) is 4.79 Å². The number of hydrogen-bond donors (Lipinski definition) is 2. The third-order valence-corrected chi connectivity index (χ3v) is 3.96. The summed E-state index contributed by atoms with van der Waals surface area (Å²) in [4.78, 5) is 11.9. The van der Waals surface area contributed by atoms with Crippen molar-refractivity contribution in [1.29, 1.82) is 0 Å². The molecule has 2 rings (SSSR count). The van der Waals surface area contributed by atoms with Gasteiger partial charge in [0, 0.05) is 12.5 Å². The van der Waals surface area contributed by atoms with Crippen molar-refractivity contribution in [2.75, 3.05) is 19.6 Å². The maximum Gasteiger partial charge on any atom is 0.220 e. The molecular formula is C17H26ClFN2O2. The Labute approximate surface area is 143 Å². The lowest BCUT2D eigenvalue weighted by atomic mass is 9.93. The van der Waals surface area contributed by atoms with E-state index >= 15 is 0 Å². The van der Waals surface area contributed by atoms with Crippen LogP contribution in [0, 0.1) is 11.7 Å². The van der Waals surface area contributed by atoms with Crippen molar-refractivity contribution in [3.05, 3.63) is 30.1 Å². The Hall–Kier alpha value is -1.33. The fourth-order valence-corrected chi connectivity index (χ4v) is 2.67. The summed E-state index contributed by atoms with van der Waals surface area (Å²) in [5.74, 6) is 0.883. The van der Waals surface area contributed by atoms with Gasteiger partial charge in [-0.15, -0.1) is 12.4 Å². The van der Waals surface area contributed by atoms with Crippen LogP contribution in [0.15, 0.2) is 24.3 Å². The van der Waals surface area contributed by atoms with E-state index in [1.165, 1.54) is 12.1 Å². The normalized spacial score (nSPS) is 16.3. The summed E-state index contributed by atoms with van der Waals surface area (Å²) in [6.45, 7) is 4.41. The molecule has 1 aliphatic heterocycles. The highest BCUT2D eigenvalue weighted by Crippen LogP contribution is 2.17. The molecule has 1 unspecified atom stereocenters. The van der Waals surface area contributed by atoms with Gasteiger partial charge in [-0.2, -0.15) is 0 Å². The molecule has 1 atom stereocenters. The number of carbonyl (C=O) groups excluding carboxylic acids is 1. The largest absolute Gasteiger partial charge is 0.489 e. The lowest BCUT2D eigenvalue weighted by molar-refractivity contribution is -0.121. The van der Waals surface area contributed by atoms with Crippen LogP contribution in [0.5, 0.6) is 5.75 Å². The number of carbonyl (C=O) groups is 1. The van der Waals surface area contributed by atoms with Crippen LogP contribution < -0.4 is 15.4 Å². The molecule has 0 spiro atoms. The molecule has 0 radical (unpaired) electrons. The van der Waals surface area contributed by atoms with E-state index in [-0.39, 0.29) is 30.2 Å². The molecule has 1 fully saturated rings. The van der Waals surface area contributed by atoms with E-state index in [0.717, 1.165) is 32.4 Å². The molecule has 1 aromatic carbocycles. The summed E-state index contributed by atoms with van der Waals surface area (Å²) in [5, 5.41) is 6.21. The molecular weight excluding hydrogens is 319 g/mol. The summed E-state index contributed by atoms with van der Waals surface area (Å²) in [7, 11) is 0. The van der Waals surface area contributed by atoms with Gasteiger partial charge in [0.2, 0.25) is 5.91 Å². The topological polar surface area (TPSA) is 50.4 Å². The second kappa shape index (κ2) is 10.4. The van der Waals surface area contributed by atoms with E-state index in [9.17, 15) is 9.18 Å². The van der Waals surface area contributed by atoms with Crippen LogP contribution in [0.3, 0.4) is 0 Å². The number of hydrogen-bond acceptors (Lipinski definition) is 3. The summed E-state index contributed by atoms with van der Waals surface area (Å²) in [5.41, 5.74) is 0. The first-order chi connectivity index (χ1) is 10.6. The predicted molar refractivity (Wildman–Crippen MR) is 91.6 cm³/mol. The van der Waals surface area contributed by atoms with Gasteiger partial charge < -0.3 is 15.4 Å². The van der Waals surface area contributed by atoms with Crippen molar-refractivity contribution < 1.29 is 13.9 Å². The van der Waals surface area contributed by atoms with Crippen LogP contribution in [0.1, 0.15) is 32.6 Å². The van der Waals surface area contributed by atoms with E-state index in [1.54, 1.807) is 12.1 Å². The van der Waals surface area contributed by atoms with Gasteiger partial charge in [0.1, 0.15) is 17.7 Å². The van der Waals surface area contributed by atoms with Gasteiger partial charge in [0.15, 0.2) is 0 Å². The van der Waals surface area contributed by atoms with Crippen molar-refractivity contribution >= 4 is 18.3 Å². The molecule has 1 amide bonds. The van der Waals surface area contributed by atoms with Crippen LogP contribution in [0.25, 0.3) is 0 Å². The lowest BCUT2D eigenvalue weighted by Crippen LogP contribution is -2.34. The fourth-order valence-electron chi connectivity index (χ4n) is 2.67. The number of nitrogens with one attached hydrogen (secondary N) is 2. The number of rotatable bonds is 7. The summed E-state index contributed by atoms with van der Waals surface area (Å²) < 4.78 is 18.6. The Morgan fingerprint density at radius 2 is 2.17 bits per heavy atom. The molecule has 1 aliphatic rings. The maximum absolute atomic E-state index is 13.1. The van der Waals surface area contributed by atoms with E-state index in [4.69, 9.17) is 4.74 Å². The second-order valence-electron chi connectivity index (χ2n) is 5.92. The molecule has 0 saturated carbocycles. The Balaban J connectivity index is 0.00000264. The van der Waals surface area contributed by atoms with Crippen LogP contribution in [-0.4, -0.2) is 31.6 Å². The number of amides is 1. The third kappa shape index (κ3) is 7.66. The monoisotopic (exact) mass is 344 g/mol. The third-order valence-electron chi connectivity index (χ3n) is 3.96. The lowest BCUT2D eigenvalue weighted by Gasteiger charge is -2.22. The number of ether oxygens (including phenoxy) is 1. The first-order valence-corrected chi connectivity index (χ1v) is 8.03. The fraction of sp³-hybridized carbons (Fsp3) is 0.588. The van der Waals surface area contributed by atoms with Gasteiger partial charge in [-0.3, -0.25) is 4.79 Å². The molecule has 1 aromatic rings. The van der Waals surface area contributed by atoms with Gasteiger partial charge in [-0.1, -0.05) is 6.07 Å². The molecule has 0 aromatic heterocycles. The van der Waals surface area contributed by atoms with Gasteiger partial charge in [-0.25, -0.2) is 4.39 Å². The molecule has 6 heteroatoms. The highest BCUT2D eigenvalue weighted by Gasteiger charge is 2.15. The Kier molecular flexibility index (Phi) is 8.95. The van der Waals surface area contributed by atoms with Crippen molar-refractivity contribution in [3.63, 3.8) is 0 Å². The minimum Gasteiger partial charge on any atom is -0.489 e. The smallest absolute Gasteiger partial charge is 0.220 e. The zero-order valence-corrected chi connectivity index (χ0v) is 14.3. The first-order valence-electron chi connectivity index (χ1n) is 8.03. The molecule has 1 saturated heterocycles. The molecule has 2 N–H and O–H groups in total. The maximum atomic E-state index is 13.1.